The van der Waals surface area contributed by atoms with Gasteiger partial charge in [-0.2, -0.15) is 13.2 Å². The number of carbonyl (C=O) groups is 2. The molecule has 12 heteroatoms. The molecule has 0 amide bonds. The Kier molecular flexibility index (Phi) is 8.33. The number of carboxylic acid groups (broad SMARTS) is 2. The first-order valence-electron chi connectivity index (χ1n) is 6.60. The van der Waals surface area contributed by atoms with Crippen LogP contribution in [0.25, 0.3) is 0 Å². The Morgan fingerprint density at radius 3 is 2.20 bits per heavy atom. The minimum Gasteiger partial charge on any atom is -0.478 e. The summed E-state index contributed by atoms with van der Waals surface area (Å²) < 4.78 is 31.7. The van der Waals surface area contributed by atoms with Crippen LogP contribution in [0.2, 0.25) is 0 Å². The first kappa shape index (κ1) is 22.1. The lowest BCUT2D eigenvalue weighted by Crippen LogP contribution is -2.21. The third kappa shape index (κ3) is 8.50. The molecule has 1 aromatic carbocycles. The van der Waals surface area contributed by atoms with Crippen molar-refractivity contribution < 1.29 is 43.0 Å². The van der Waals surface area contributed by atoms with Crippen LogP contribution in [-0.2, 0) is 4.79 Å². The van der Waals surface area contributed by atoms with Crippen molar-refractivity contribution in [2.75, 3.05) is 11.9 Å². The van der Waals surface area contributed by atoms with Crippen LogP contribution in [0, 0.1) is 10.1 Å². The number of aliphatic hydroxyl groups is 1. The van der Waals surface area contributed by atoms with Gasteiger partial charge in [0.1, 0.15) is 5.69 Å². The van der Waals surface area contributed by atoms with Gasteiger partial charge in [0.25, 0.3) is 5.69 Å². The van der Waals surface area contributed by atoms with E-state index in [0.29, 0.717) is 13.0 Å². The highest BCUT2D eigenvalue weighted by Crippen LogP contribution is 2.25. The molecule has 1 atom stereocenters. The van der Waals surface area contributed by atoms with Gasteiger partial charge >= 0.3 is 18.1 Å². The minimum atomic E-state index is -5.08. The fraction of sp³-hybridized carbons (Fsp3) is 0.385. The molecule has 0 radical (unpaired) electrons. The maximum absolute atomic E-state index is 10.8. The largest absolute Gasteiger partial charge is 0.490 e. The molecular weight excluding hydrogens is 353 g/mol. The molecule has 1 aromatic rings. The number of aromatic carboxylic acids is 1. The van der Waals surface area contributed by atoms with E-state index < -0.39 is 29.1 Å². The van der Waals surface area contributed by atoms with Crippen molar-refractivity contribution >= 4 is 23.3 Å². The first-order chi connectivity index (χ1) is 11.4. The Labute approximate surface area is 138 Å². The van der Waals surface area contributed by atoms with Crippen molar-refractivity contribution in [3.63, 3.8) is 0 Å². The van der Waals surface area contributed by atoms with Gasteiger partial charge in [-0.3, -0.25) is 10.1 Å². The van der Waals surface area contributed by atoms with Gasteiger partial charge in [-0.15, -0.1) is 0 Å². The standard InChI is InChI=1S/C11H14N2O5.C2HF3O2/c1-7(14)4-5-12-9-6-8(11(15)16)2-3-10(9)13(17)18;3-2(4,5)1(6)7/h2-3,6-7,12,14H,4-5H2,1H3,(H,15,16);(H,6,7). The number of hydrogen-bond acceptors (Lipinski definition) is 6. The van der Waals surface area contributed by atoms with Gasteiger partial charge in [0.05, 0.1) is 16.6 Å². The van der Waals surface area contributed by atoms with Crippen LogP contribution >= 0.6 is 0 Å². The van der Waals surface area contributed by atoms with Crippen LogP contribution in [0.3, 0.4) is 0 Å². The quantitative estimate of drug-likeness (QED) is 0.440. The van der Waals surface area contributed by atoms with Crippen LogP contribution in [0.5, 0.6) is 0 Å². The van der Waals surface area contributed by atoms with Crippen molar-refractivity contribution in [2.45, 2.75) is 25.6 Å². The van der Waals surface area contributed by atoms with Crippen molar-refractivity contribution in [1.29, 1.82) is 0 Å². The van der Waals surface area contributed by atoms with E-state index in [4.69, 9.17) is 20.1 Å². The predicted molar refractivity (Wildman–Crippen MR) is 78.5 cm³/mol. The third-order valence-electron chi connectivity index (χ3n) is 2.56. The van der Waals surface area contributed by atoms with Crippen LogP contribution in [0.15, 0.2) is 18.2 Å². The molecule has 1 unspecified atom stereocenters. The SMILES string of the molecule is CC(O)CCNc1cc(C(=O)O)ccc1[N+](=O)[O-].O=C(O)C(F)(F)F. The molecule has 0 fully saturated rings. The van der Waals surface area contributed by atoms with E-state index in [-0.39, 0.29) is 16.9 Å². The zero-order valence-corrected chi connectivity index (χ0v) is 12.8. The fourth-order valence-corrected chi connectivity index (χ4v) is 1.39. The van der Waals surface area contributed by atoms with Crippen molar-refractivity contribution in [1.82, 2.24) is 0 Å². The van der Waals surface area contributed by atoms with E-state index in [1.165, 1.54) is 12.1 Å². The van der Waals surface area contributed by atoms with E-state index >= 15 is 0 Å². The van der Waals surface area contributed by atoms with E-state index in [2.05, 4.69) is 5.32 Å². The Bertz CT molecular complexity index is 633. The number of rotatable bonds is 6. The number of nitrogens with zero attached hydrogens (tertiary/aromatic N) is 1. The molecule has 4 N–H and O–H groups in total. The molecule has 0 spiro atoms. The monoisotopic (exact) mass is 368 g/mol. The molecule has 0 aliphatic heterocycles. The molecule has 0 aliphatic carbocycles. The van der Waals surface area contributed by atoms with Gasteiger partial charge in [0.2, 0.25) is 0 Å². The summed E-state index contributed by atoms with van der Waals surface area (Å²) in [4.78, 5) is 29.9. The Morgan fingerprint density at radius 1 is 1.32 bits per heavy atom. The molecule has 0 aliphatic rings. The Hall–Kier alpha value is -2.89. The second-order valence-corrected chi connectivity index (χ2v) is 4.66. The summed E-state index contributed by atoms with van der Waals surface area (Å²) in [5.41, 5.74) is -0.0775. The van der Waals surface area contributed by atoms with E-state index in [0.717, 1.165) is 6.07 Å². The van der Waals surface area contributed by atoms with Gasteiger partial charge in [0.15, 0.2) is 0 Å². The lowest BCUT2D eigenvalue weighted by atomic mass is 10.1. The third-order valence-corrected chi connectivity index (χ3v) is 2.56. The highest BCUT2D eigenvalue weighted by molar-refractivity contribution is 5.90. The van der Waals surface area contributed by atoms with Gasteiger partial charge in [0, 0.05) is 12.6 Å². The summed E-state index contributed by atoms with van der Waals surface area (Å²) in [7, 11) is 0. The number of nitro groups is 1. The van der Waals surface area contributed by atoms with Crippen LogP contribution in [0.1, 0.15) is 23.7 Å². The van der Waals surface area contributed by atoms with Crippen molar-refractivity contribution in [3.8, 4) is 0 Å². The van der Waals surface area contributed by atoms with Gasteiger partial charge in [-0.25, -0.2) is 9.59 Å². The Morgan fingerprint density at radius 2 is 1.84 bits per heavy atom. The summed E-state index contributed by atoms with van der Waals surface area (Å²) in [5.74, 6) is -3.91. The van der Waals surface area contributed by atoms with E-state index in [1.807, 2.05) is 0 Å². The molecule has 0 saturated carbocycles. The van der Waals surface area contributed by atoms with Crippen molar-refractivity contribution in [3.05, 3.63) is 33.9 Å². The Balaban J connectivity index is 0.000000697. The van der Waals surface area contributed by atoms with Crippen LogP contribution in [-0.4, -0.2) is 51.0 Å². The number of benzene rings is 1. The lowest BCUT2D eigenvalue weighted by Gasteiger charge is -2.09. The number of anilines is 1. The number of nitrogens with one attached hydrogen (secondary N) is 1. The minimum absolute atomic E-state index is 0.0276. The van der Waals surface area contributed by atoms with Crippen molar-refractivity contribution in [2.24, 2.45) is 0 Å². The second-order valence-electron chi connectivity index (χ2n) is 4.66. The summed E-state index contributed by atoms with van der Waals surface area (Å²) in [5, 5.41) is 38.5. The summed E-state index contributed by atoms with van der Waals surface area (Å²) in [6.07, 6.45) is -5.20. The average Bonchev–Trinajstić information content (AvgIpc) is 2.46. The van der Waals surface area contributed by atoms with Crippen LogP contribution < -0.4 is 5.32 Å². The smallest absolute Gasteiger partial charge is 0.478 e. The van der Waals surface area contributed by atoms with E-state index in [9.17, 15) is 28.1 Å². The topological polar surface area (TPSA) is 150 Å². The maximum Gasteiger partial charge on any atom is 0.490 e. The lowest BCUT2D eigenvalue weighted by molar-refractivity contribution is -0.384. The number of alkyl halides is 3. The normalized spacial score (nSPS) is 11.7. The summed E-state index contributed by atoms with van der Waals surface area (Å²) >= 11 is 0. The number of nitro benzene ring substituents is 1. The highest BCUT2D eigenvalue weighted by Gasteiger charge is 2.38. The summed E-state index contributed by atoms with van der Waals surface area (Å²) in [6, 6.07) is 3.54. The molecule has 0 bridgehead atoms. The van der Waals surface area contributed by atoms with Gasteiger partial charge < -0.3 is 20.6 Å². The zero-order valence-electron chi connectivity index (χ0n) is 12.8. The predicted octanol–water partition coefficient (Wildman–Crippen LogP) is 2.11. The average molecular weight is 368 g/mol. The van der Waals surface area contributed by atoms with Gasteiger partial charge in [-0.1, -0.05) is 0 Å². The van der Waals surface area contributed by atoms with Crippen LogP contribution in [0.4, 0.5) is 24.5 Å². The number of hydrogen-bond donors (Lipinski definition) is 4. The maximum atomic E-state index is 10.8. The fourth-order valence-electron chi connectivity index (χ4n) is 1.39. The molecule has 140 valence electrons. The number of aliphatic hydroxyl groups excluding tert-OH is 1. The first-order valence-corrected chi connectivity index (χ1v) is 6.60. The second kappa shape index (κ2) is 9.42. The number of aliphatic carboxylic acids is 1. The molecular formula is C13H15F3N2O7. The molecule has 0 saturated heterocycles. The number of carboxylic acids is 2. The number of halogens is 3. The molecule has 9 nitrogen and oxygen atoms in total. The van der Waals surface area contributed by atoms with E-state index in [1.54, 1.807) is 6.92 Å². The highest BCUT2D eigenvalue weighted by atomic mass is 19.4. The molecule has 0 heterocycles. The summed E-state index contributed by atoms with van der Waals surface area (Å²) in [6.45, 7) is 1.92. The molecule has 25 heavy (non-hydrogen) atoms. The van der Waals surface area contributed by atoms with Gasteiger partial charge in [-0.05, 0) is 25.5 Å². The molecule has 1 rings (SSSR count). The molecule has 0 aromatic heterocycles. The zero-order chi connectivity index (χ0) is 19.8.